The van der Waals surface area contributed by atoms with Gasteiger partial charge in [0.25, 0.3) is 6.43 Å². The highest BCUT2D eigenvalue weighted by Gasteiger charge is 2.28. The molecule has 0 aromatic rings. The van der Waals surface area contributed by atoms with Gasteiger partial charge in [-0.05, 0) is 25.8 Å². The van der Waals surface area contributed by atoms with Crippen molar-refractivity contribution >= 4 is 0 Å². The molecule has 0 aromatic heterocycles. The van der Waals surface area contributed by atoms with Crippen molar-refractivity contribution in [2.24, 2.45) is 5.73 Å². The maximum absolute atomic E-state index is 12.2. The van der Waals surface area contributed by atoms with E-state index in [1.807, 2.05) is 6.92 Å². The summed E-state index contributed by atoms with van der Waals surface area (Å²) in [6.45, 7) is 3.63. The molecular formula is C9H13F2N. The summed E-state index contributed by atoms with van der Waals surface area (Å²) in [6.07, 6.45) is 1.02. The number of alkyl halides is 2. The molecule has 1 unspecified atom stereocenters. The fourth-order valence-electron chi connectivity index (χ4n) is 1.19. The van der Waals surface area contributed by atoms with Crippen LogP contribution in [0.25, 0.3) is 0 Å². The Kier molecular flexibility index (Phi) is 2.33. The van der Waals surface area contributed by atoms with Crippen LogP contribution >= 0.6 is 0 Å². The molecular weight excluding hydrogens is 160 g/mol. The number of nitrogens with two attached hydrogens (primary N) is 1. The van der Waals surface area contributed by atoms with Gasteiger partial charge in [-0.3, -0.25) is 0 Å². The van der Waals surface area contributed by atoms with Crippen LogP contribution in [0.3, 0.4) is 0 Å². The van der Waals surface area contributed by atoms with Gasteiger partial charge in [-0.25, -0.2) is 8.78 Å². The van der Waals surface area contributed by atoms with E-state index in [4.69, 9.17) is 5.73 Å². The molecule has 1 atom stereocenters. The molecule has 3 heteroatoms. The lowest BCUT2D eigenvalue weighted by Crippen LogP contribution is -2.39. The molecule has 1 nitrogen and oxygen atoms in total. The van der Waals surface area contributed by atoms with E-state index in [0.717, 1.165) is 5.57 Å². The van der Waals surface area contributed by atoms with Crippen molar-refractivity contribution in [3.05, 3.63) is 23.3 Å². The Bertz CT molecular complexity index is 239. The molecule has 0 saturated heterocycles. The monoisotopic (exact) mass is 173 g/mol. The number of hydrogen-bond acceptors (Lipinski definition) is 1. The molecule has 1 aliphatic rings. The first-order valence-electron chi connectivity index (χ1n) is 3.88. The topological polar surface area (TPSA) is 26.0 Å². The maximum atomic E-state index is 12.2. The minimum absolute atomic E-state index is 0.130. The maximum Gasteiger partial charge on any atom is 0.260 e. The Morgan fingerprint density at radius 1 is 1.50 bits per heavy atom. The molecule has 0 bridgehead atoms. The summed E-state index contributed by atoms with van der Waals surface area (Å²) >= 11 is 0. The zero-order chi connectivity index (χ0) is 9.35. The summed E-state index contributed by atoms with van der Waals surface area (Å²) in [7, 11) is 0. The molecule has 0 heterocycles. The van der Waals surface area contributed by atoms with Crippen molar-refractivity contribution in [3.8, 4) is 0 Å². The molecule has 0 amide bonds. The fourth-order valence-corrected chi connectivity index (χ4v) is 1.19. The zero-order valence-corrected chi connectivity index (χ0v) is 7.27. The van der Waals surface area contributed by atoms with Gasteiger partial charge in [0.2, 0.25) is 0 Å². The van der Waals surface area contributed by atoms with Crippen molar-refractivity contribution in [2.45, 2.75) is 32.2 Å². The molecule has 0 spiro atoms. The average Bonchev–Trinajstić information content (AvgIpc) is 1.94. The van der Waals surface area contributed by atoms with Crippen LogP contribution in [0.1, 0.15) is 20.3 Å². The Morgan fingerprint density at radius 2 is 2.08 bits per heavy atom. The Labute approximate surface area is 70.9 Å². The second-order valence-corrected chi connectivity index (χ2v) is 3.49. The zero-order valence-electron chi connectivity index (χ0n) is 7.27. The largest absolute Gasteiger partial charge is 0.322 e. The van der Waals surface area contributed by atoms with Gasteiger partial charge in [-0.1, -0.05) is 17.7 Å². The summed E-state index contributed by atoms with van der Waals surface area (Å²) in [5.74, 6) is 0. The third-order valence-electron chi connectivity index (χ3n) is 2.30. The van der Waals surface area contributed by atoms with E-state index in [0.29, 0.717) is 0 Å². The molecule has 2 N–H and O–H groups in total. The normalized spacial score (nSPS) is 30.2. The summed E-state index contributed by atoms with van der Waals surface area (Å²) in [5.41, 5.74) is 6.29. The molecule has 0 aromatic carbocycles. The van der Waals surface area contributed by atoms with Crippen LogP contribution in [-0.2, 0) is 0 Å². The van der Waals surface area contributed by atoms with Gasteiger partial charge in [0.05, 0.1) is 0 Å². The second-order valence-electron chi connectivity index (χ2n) is 3.49. The van der Waals surface area contributed by atoms with E-state index in [-0.39, 0.29) is 12.0 Å². The van der Waals surface area contributed by atoms with Crippen LogP contribution in [0.5, 0.6) is 0 Å². The van der Waals surface area contributed by atoms with Crippen LogP contribution in [-0.4, -0.2) is 12.0 Å². The van der Waals surface area contributed by atoms with Gasteiger partial charge >= 0.3 is 0 Å². The van der Waals surface area contributed by atoms with E-state index >= 15 is 0 Å². The van der Waals surface area contributed by atoms with Gasteiger partial charge in [-0.2, -0.15) is 0 Å². The Morgan fingerprint density at radius 3 is 2.50 bits per heavy atom. The van der Waals surface area contributed by atoms with E-state index < -0.39 is 12.0 Å². The first-order chi connectivity index (χ1) is 5.43. The van der Waals surface area contributed by atoms with Crippen LogP contribution in [0.2, 0.25) is 0 Å². The summed E-state index contributed by atoms with van der Waals surface area (Å²) in [5, 5.41) is 0. The number of rotatable bonds is 1. The molecule has 1 rings (SSSR count). The summed E-state index contributed by atoms with van der Waals surface area (Å²) < 4.78 is 24.5. The van der Waals surface area contributed by atoms with Gasteiger partial charge < -0.3 is 5.73 Å². The van der Waals surface area contributed by atoms with Crippen molar-refractivity contribution in [1.82, 2.24) is 0 Å². The van der Waals surface area contributed by atoms with E-state index in [9.17, 15) is 8.78 Å². The molecule has 0 fully saturated rings. The lowest BCUT2D eigenvalue weighted by Gasteiger charge is -2.29. The fraction of sp³-hybridized carbons (Fsp3) is 0.556. The number of allylic oxidation sites excluding steroid dienone is 2. The van der Waals surface area contributed by atoms with E-state index in [1.54, 1.807) is 13.0 Å². The second kappa shape index (κ2) is 2.98. The highest BCUT2D eigenvalue weighted by molar-refractivity contribution is 5.32. The van der Waals surface area contributed by atoms with Crippen molar-refractivity contribution in [2.75, 3.05) is 0 Å². The van der Waals surface area contributed by atoms with E-state index in [2.05, 4.69) is 0 Å². The van der Waals surface area contributed by atoms with Crippen LogP contribution in [0.4, 0.5) is 8.78 Å². The highest BCUT2D eigenvalue weighted by atomic mass is 19.3. The average molecular weight is 173 g/mol. The SMILES string of the molecule is CC1=CC=C(C(F)F)CC1(C)N. The van der Waals surface area contributed by atoms with Gasteiger partial charge in [0, 0.05) is 5.54 Å². The number of halogens is 2. The lowest BCUT2D eigenvalue weighted by molar-refractivity contribution is 0.180. The summed E-state index contributed by atoms with van der Waals surface area (Å²) in [4.78, 5) is 0. The molecule has 0 aliphatic heterocycles. The minimum Gasteiger partial charge on any atom is -0.322 e. The smallest absolute Gasteiger partial charge is 0.260 e. The van der Waals surface area contributed by atoms with E-state index in [1.165, 1.54) is 6.08 Å². The molecule has 1 aliphatic carbocycles. The Hall–Kier alpha value is -0.700. The molecule has 68 valence electrons. The molecule has 12 heavy (non-hydrogen) atoms. The third kappa shape index (κ3) is 1.72. The predicted molar refractivity (Wildman–Crippen MR) is 45.1 cm³/mol. The first kappa shape index (κ1) is 9.39. The molecule has 0 radical (unpaired) electrons. The van der Waals surface area contributed by atoms with Gasteiger partial charge in [-0.15, -0.1) is 0 Å². The van der Waals surface area contributed by atoms with Crippen LogP contribution in [0, 0.1) is 0 Å². The minimum atomic E-state index is -2.38. The summed E-state index contributed by atoms with van der Waals surface area (Å²) in [6, 6.07) is 0. The Balaban J connectivity index is 2.87. The third-order valence-corrected chi connectivity index (χ3v) is 2.30. The lowest BCUT2D eigenvalue weighted by atomic mass is 9.83. The van der Waals surface area contributed by atoms with Crippen molar-refractivity contribution < 1.29 is 8.78 Å². The quantitative estimate of drug-likeness (QED) is 0.646. The highest BCUT2D eigenvalue weighted by Crippen LogP contribution is 2.29. The van der Waals surface area contributed by atoms with Gasteiger partial charge in [0.1, 0.15) is 0 Å². The predicted octanol–water partition coefficient (Wildman–Crippen LogP) is 2.25. The van der Waals surface area contributed by atoms with Crippen LogP contribution in [0.15, 0.2) is 23.3 Å². The van der Waals surface area contributed by atoms with Gasteiger partial charge in [0.15, 0.2) is 0 Å². The van der Waals surface area contributed by atoms with Crippen molar-refractivity contribution in [3.63, 3.8) is 0 Å². The standard InChI is InChI=1S/C9H13F2N/c1-6-3-4-7(8(10)11)5-9(6,2)12/h3-4,8H,5,12H2,1-2H3. The number of hydrogen-bond donors (Lipinski definition) is 1. The molecule has 0 saturated carbocycles. The first-order valence-corrected chi connectivity index (χ1v) is 3.88. The van der Waals surface area contributed by atoms with Crippen LogP contribution < -0.4 is 5.73 Å². The van der Waals surface area contributed by atoms with Crippen molar-refractivity contribution in [1.29, 1.82) is 0 Å².